The van der Waals surface area contributed by atoms with Gasteiger partial charge in [-0.05, 0) is 25.0 Å². The van der Waals surface area contributed by atoms with Crippen molar-refractivity contribution in [2.45, 2.75) is 18.9 Å². The highest BCUT2D eigenvalue weighted by molar-refractivity contribution is 6.36. The van der Waals surface area contributed by atoms with E-state index in [2.05, 4.69) is 5.32 Å². The number of amides is 1. The molecular formula is C14H14Cl2FNO4. The van der Waals surface area contributed by atoms with E-state index in [9.17, 15) is 19.1 Å². The molecule has 1 fully saturated rings. The monoisotopic (exact) mass is 349 g/mol. The highest BCUT2D eigenvalue weighted by atomic mass is 35.5. The maximum absolute atomic E-state index is 13.5. The number of carbonyl (C=O) groups excluding carboxylic acids is 1. The quantitative estimate of drug-likeness (QED) is 0.819. The van der Waals surface area contributed by atoms with Crippen molar-refractivity contribution < 1.29 is 23.8 Å². The molecule has 22 heavy (non-hydrogen) atoms. The minimum absolute atomic E-state index is 0.0482. The van der Waals surface area contributed by atoms with Crippen molar-refractivity contribution in [2.75, 3.05) is 13.2 Å². The van der Waals surface area contributed by atoms with Gasteiger partial charge in [-0.25, -0.2) is 9.18 Å². The van der Waals surface area contributed by atoms with Gasteiger partial charge in [0, 0.05) is 12.5 Å². The van der Waals surface area contributed by atoms with E-state index in [4.69, 9.17) is 27.9 Å². The molecule has 1 aliphatic rings. The summed E-state index contributed by atoms with van der Waals surface area (Å²) in [6.07, 6.45) is 1.35. The van der Waals surface area contributed by atoms with Crippen molar-refractivity contribution in [3.05, 3.63) is 33.6 Å². The van der Waals surface area contributed by atoms with Crippen molar-refractivity contribution in [3.63, 3.8) is 0 Å². The summed E-state index contributed by atoms with van der Waals surface area (Å²) in [5, 5.41) is 11.4. The third-order valence-corrected chi connectivity index (χ3v) is 4.08. The van der Waals surface area contributed by atoms with E-state index in [0.29, 0.717) is 13.0 Å². The summed E-state index contributed by atoms with van der Waals surface area (Å²) in [4.78, 5) is 23.6. The van der Waals surface area contributed by atoms with Gasteiger partial charge in [0.15, 0.2) is 0 Å². The number of carboxylic acids is 1. The Hall–Kier alpha value is -1.37. The van der Waals surface area contributed by atoms with Crippen LogP contribution < -0.4 is 5.32 Å². The van der Waals surface area contributed by atoms with Crippen molar-refractivity contribution in [3.8, 4) is 0 Å². The Morgan fingerprint density at radius 1 is 1.36 bits per heavy atom. The van der Waals surface area contributed by atoms with Gasteiger partial charge in [0.25, 0.3) is 5.91 Å². The fourth-order valence-electron chi connectivity index (χ4n) is 2.33. The second-order valence-corrected chi connectivity index (χ2v) is 5.83. The van der Waals surface area contributed by atoms with E-state index in [0.717, 1.165) is 18.6 Å². The SMILES string of the molecule is O=C(NC(C(=O)O)C1CCCOC1)c1cc(F)c(Cl)cc1Cl. The Kier molecular flexibility index (Phi) is 5.61. The lowest BCUT2D eigenvalue weighted by Gasteiger charge is -2.28. The molecule has 0 radical (unpaired) electrons. The lowest BCUT2D eigenvalue weighted by atomic mass is 9.93. The summed E-state index contributed by atoms with van der Waals surface area (Å²) >= 11 is 11.4. The van der Waals surface area contributed by atoms with Crippen LogP contribution in [0.2, 0.25) is 10.0 Å². The summed E-state index contributed by atoms with van der Waals surface area (Å²) in [7, 11) is 0. The fourth-order valence-corrected chi connectivity index (χ4v) is 2.79. The van der Waals surface area contributed by atoms with Crippen LogP contribution in [-0.2, 0) is 9.53 Å². The zero-order valence-corrected chi connectivity index (χ0v) is 13.0. The first kappa shape index (κ1) is 17.0. The molecule has 2 N–H and O–H groups in total. The number of halogens is 3. The number of benzene rings is 1. The molecule has 2 rings (SSSR count). The van der Waals surface area contributed by atoms with E-state index >= 15 is 0 Å². The van der Waals surface area contributed by atoms with Crippen LogP contribution in [0, 0.1) is 11.7 Å². The van der Waals surface area contributed by atoms with Crippen LogP contribution in [0.5, 0.6) is 0 Å². The van der Waals surface area contributed by atoms with Crippen molar-refractivity contribution in [2.24, 2.45) is 5.92 Å². The Balaban J connectivity index is 2.17. The third kappa shape index (κ3) is 3.88. The molecule has 120 valence electrons. The van der Waals surface area contributed by atoms with E-state index in [1.165, 1.54) is 0 Å². The van der Waals surface area contributed by atoms with Crippen LogP contribution in [0.3, 0.4) is 0 Å². The lowest BCUT2D eigenvalue weighted by molar-refractivity contribution is -0.142. The number of nitrogens with one attached hydrogen (secondary N) is 1. The van der Waals surface area contributed by atoms with Gasteiger partial charge >= 0.3 is 5.97 Å². The maximum Gasteiger partial charge on any atom is 0.326 e. The summed E-state index contributed by atoms with van der Waals surface area (Å²) < 4.78 is 18.7. The minimum Gasteiger partial charge on any atom is -0.480 e. The predicted octanol–water partition coefficient (Wildman–Crippen LogP) is 2.74. The molecule has 1 aromatic carbocycles. The number of aliphatic carboxylic acids is 1. The largest absolute Gasteiger partial charge is 0.480 e. The first-order valence-corrected chi connectivity index (χ1v) is 7.41. The second-order valence-electron chi connectivity index (χ2n) is 5.01. The smallest absolute Gasteiger partial charge is 0.326 e. The van der Waals surface area contributed by atoms with Gasteiger partial charge in [-0.15, -0.1) is 0 Å². The van der Waals surface area contributed by atoms with Gasteiger partial charge in [0.2, 0.25) is 0 Å². The van der Waals surface area contributed by atoms with E-state index in [-0.39, 0.29) is 28.1 Å². The zero-order valence-electron chi connectivity index (χ0n) is 11.4. The first-order valence-electron chi connectivity index (χ1n) is 6.66. The zero-order chi connectivity index (χ0) is 16.3. The summed E-state index contributed by atoms with van der Waals surface area (Å²) in [6.45, 7) is 0.824. The molecule has 5 nitrogen and oxygen atoms in total. The van der Waals surface area contributed by atoms with Gasteiger partial charge < -0.3 is 15.2 Å². The van der Waals surface area contributed by atoms with Crippen molar-refractivity contribution >= 4 is 35.1 Å². The second kappa shape index (κ2) is 7.26. The molecule has 1 amide bonds. The van der Waals surface area contributed by atoms with Gasteiger partial charge in [0.05, 0.1) is 22.2 Å². The van der Waals surface area contributed by atoms with Gasteiger partial charge in [-0.3, -0.25) is 4.79 Å². The topological polar surface area (TPSA) is 75.6 Å². The van der Waals surface area contributed by atoms with Crippen LogP contribution in [0.25, 0.3) is 0 Å². The molecule has 0 aliphatic carbocycles. The summed E-state index contributed by atoms with van der Waals surface area (Å²) in [6, 6.07) is 0.867. The maximum atomic E-state index is 13.5. The van der Waals surface area contributed by atoms with E-state index in [1.807, 2.05) is 0 Å². The molecule has 0 spiro atoms. The number of ether oxygens (including phenoxy) is 1. The number of rotatable bonds is 4. The Bertz CT molecular complexity index is 590. The summed E-state index contributed by atoms with van der Waals surface area (Å²) in [5.41, 5.74) is -0.161. The minimum atomic E-state index is -1.17. The number of carboxylic acid groups (broad SMARTS) is 1. The standard InChI is InChI=1S/C14H14Cl2FNO4/c15-9-5-10(16)11(17)4-8(9)13(19)18-12(14(20)21)7-2-1-3-22-6-7/h4-5,7,12H,1-3,6H2,(H,18,19)(H,20,21). The predicted molar refractivity (Wildman–Crippen MR) is 78.9 cm³/mol. The third-order valence-electron chi connectivity index (χ3n) is 3.47. The number of carbonyl (C=O) groups is 2. The lowest BCUT2D eigenvalue weighted by Crippen LogP contribution is -2.48. The number of hydrogen-bond acceptors (Lipinski definition) is 3. The average Bonchev–Trinajstić information content (AvgIpc) is 2.48. The summed E-state index contributed by atoms with van der Waals surface area (Å²) in [5.74, 6) is -3.08. The van der Waals surface area contributed by atoms with Gasteiger partial charge in [0.1, 0.15) is 11.9 Å². The fraction of sp³-hybridized carbons (Fsp3) is 0.429. The van der Waals surface area contributed by atoms with Gasteiger partial charge in [-0.1, -0.05) is 23.2 Å². The first-order chi connectivity index (χ1) is 10.4. The van der Waals surface area contributed by atoms with Gasteiger partial charge in [-0.2, -0.15) is 0 Å². The molecule has 1 heterocycles. The van der Waals surface area contributed by atoms with Crippen LogP contribution in [-0.4, -0.2) is 36.2 Å². The highest BCUT2D eigenvalue weighted by Crippen LogP contribution is 2.25. The molecule has 2 atom stereocenters. The molecule has 1 aliphatic heterocycles. The Morgan fingerprint density at radius 3 is 2.68 bits per heavy atom. The van der Waals surface area contributed by atoms with Crippen molar-refractivity contribution in [1.29, 1.82) is 0 Å². The molecule has 0 bridgehead atoms. The van der Waals surface area contributed by atoms with Crippen LogP contribution >= 0.6 is 23.2 Å². The van der Waals surface area contributed by atoms with E-state index in [1.54, 1.807) is 0 Å². The van der Waals surface area contributed by atoms with E-state index < -0.39 is 23.7 Å². The van der Waals surface area contributed by atoms with Crippen LogP contribution in [0.1, 0.15) is 23.2 Å². The molecule has 2 unspecified atom stereocenters. The Labute approximate surface area is 136 Å². The van der Waals surface area contributed by atoms with Crippen molar-refractivity contribution in [1.82, 2.24) is 5.32 Å². The molecular weight excluding hydrogens is 336 g/mol. The number of hydrogen-bond donors (Lipinski definition) is 2. The Morgan fingerprint density at radius 2 is 2.09 bits per heavy atom. The van der Waals surface area contributed by atoms with Crippen LogP contribution in [0.4, 0.5) is 4.39 Å². The van der Waals surface area contributed by atoms with Crippen LogP contribution in [0.15, 0.2) is 12.1 Å². The molecule has 0 aromatic heterocycles. The normalized spacial score (nSPS) is 19.5. The molecule has 0 saturated carbocycles. The molecule has 1 saturated heterocycles. The molecule has 1 aromatic rings. The highest BCUT2D eigenvalue weighted by Gasteiger charge is 2.32. The average molecular weight is 350 g/mol. The molecule has 8 heteroatoms.